The Labute approximate surface area is 125 Å². The van der Waals surface area contributed by atoms with Crippen LogP contribution in [0.2, 0.25) is 0 Å². The number of nitrogen functional groups attached to an aromatic ring is 1. The highest BCUT2D eigenvalue weighted by molar-refractivity contribution is 14.1. The van der Waals surface area contributed by atoms with Crippen LogP contribution in [0, 0.1) is 0 Å². The molecular formula is C10H12IN5O4. The van der Waals surface area contributed by atoms with E-state index in [9.17, 15) is 15.0 Å². The van der Waals surface area contributed by atoms with Gasteiger partial charge >= 0.3 is 0 Å². The van der Waals surface area contributed by atoms with Crippen LogP contribution in [0.25, 0.3) is 11.2 Å². The summed E-state index contributed by atoms with van der Waals surface area (Å²) in [6.45, 7) is 0. The number of alkyl halides is 1. The molecule has 3 heterocycles. The van der Waals surface area contributed by atoms with Crippen molar-refractivity contribution in [3.63, 3.8) is 0 Å². The molecular weight excluding hydrogens is 381 g/mol. The number of nitrogens with two attached hydrogens (primary N) is 1. The van der Waals surface area contributed by atoms with Crippen LogP contribution in [0.4, 0.5) is 5.95 Å². The maximum absolute atomic E-state index is 11.7. The summed E-state index contributed by atoms with van der Waals surface area (Å²) < 4.78 is 7.52. The lowest BCUT2D eigenvalue weighted by atomic mass is 10.1. The lowest BCUT2D eigenvalue weighted by molar-refractivity contribution is -0.0283. The first-order valence-corrected chi connectivity index (χ1v) is 7.35. The first kappa shape index (κ1) is 13.7. The molecule has 108 valence electrons. The molecule has 1 aliphatic heterocycles. The number of ether oxygens (including phenoxy) is 1. The van der Waals surface area contributed by atoms with Gasteiger partial charge in [0.25, 0.3) is 5.56 Å². The van der Waals surface area contributed by atoms with Crippen LogP contribution in [0.5, 0.6) is 0 Å². The predicted molar refractivity (Wildman–Crippen MR) is 77.4 cm³/mol. The molecule has 0 aromatic carbocycles. The highest BCUT2D eigenvalue weighted by atomic mass is 127. The number of rotatable bonds is 2. The lowest BCUT2D eigenvalue weighted by Gasteiger charge is -2.16. The monoisotopic (exact) mass is 393 g/mol. The molecule has 9 nitrogen and oxygen atoms in total. The van der Waals surface area contributed by atoms with Crippen LogP contribution < -0.4 is 11.3 Å². The van der Waals surface area contributed by atoms with E-state index >= 15 is 0 Å². The minimum Gasteiger partial charge on any atom is -0.387 e. The molecule has 0 spiro atoms. The van der Waals surface area contributed by atoms with Gasteiger partial charge in [-0.3, -0.25) is 14.3 Å². The largest absolute Gasteiger partial charge is 0.387 e. The molecule has 4 atom stereocenters. The van der Waals surface area contributed by atoms with Gasteiger partial charge in [-0.25, -0.2) is 4.98 Å². The van der Waals surface area contributed by atoms with E-state index in [-0.39, 0.29) is 17.1 Å². The molecule has 5 N–H and O–H groups in total. The van der Waals surface area contributed by atoms with Crippen molar-refractivity contribution in [3.8, 4) is 0 Å². The number of aromatic nitrogens is 4. The zero-order valence-electron chi connectivity index (χ0n) is 10.1. The van der Waals surface area contributed by atoms with Gasteiger partial charge in [0.15, 0.2) is 17.4 Å². The maximum Gasteiger partial charge on any atom is 0.280 e. The summed E-state index contributed by atoms with van der Waals surface area (Å²) in [4.78, 5) is 22.0. The Morgan fingerprint density at radius 3 is 2.90 bits per heavy atom. The zero-order chi connectivity index (χ0) is 14.4. The van der Waals surface area contributed by atoms with Crippen LogP contribution in [0.3, 0.4) is 0 Å². The number of hydrogen-bond acceptors (Lipinski definition) is 7. The number of nitrogens with one attached hydrogen (secondary N) is 1. The third-order valence-corrected chi connectivity index (χ3v) is 4.08. The molecule has 1 aliphatic rings. The second-order valence-corrected chi connectivity index (χ2v) is 5.36. The minimum atomic E-state index is -1.13. The molecule has 0 aliphatic carbocycles. The molecule has 0 radical (unpaired) electrons. The number of halogens is 1. The van der Waals surface area contributed by atoms with Gasteiger partial charge in [0, 0.05) is 4.43 Å². The molecule has 2 aromatic heterocycles. The summed E-state index contributed by atoms with van der Waals surface area (Å²) >= 11 is 2.06. The molecule has 3 rings (SSSR count). The second-order valence-electron chi connectivity index (χ2n) is 4.48. The van der Waals surface area contributed by atoms with E-state index < -0.39 is 30.1 Å². The van der Waals surface area contributed by atoms with E-state index in [0.717, 1.165) is 0 Å². The van der Waals surface area contributed by atoms with Crippen LogP contribution in [-0.2, 0) is 4.74 Å². The molecule has 0 bridgehead atoms. The number of aliphatic hydroxyl groups excluding tert-OH is 2. The Kier molecular flexibility index (Phi) is 3.40. The fourth-order valence-corrected chi connectivity index (χ4v) is 2.94. The smallest absolute Gasteiger partial charge is 0.280 e. The van der Waals surface area contributed by atoms with Gasteiger partial charge in [0.2, 0.25) is 5.95 Å². The number of aliphatic hydroxyl groups is 2. The molecule has 2 aromatic rings. The van der Waals surface area contributed by atoms with Gasteiger partial charge in [0.1, 0.15) is 12.2 Å². The quantitative estimate of drug-likeness (QED) is 0.370. The van der Waals surface area contributed by atoms with E-state index in [4.69, 9.17) is 10.5 Å². The first-order valence-electron chi connectivity index (χ1n) is 5.83. The Morgan fingerprint density at radius 1 is 1.50 bits per heavy atom. The third-order valence-electron chi connectivity index (χ3n) is 3.21. The van der Waals surface area contributed by atoms with Crippen molar-refractivity contribution >= 4 is 39.7 Å². The second kappa shape index (κ2) is 4.95. The molecule has 20 heavy (non-hydrogen) atoms. The number of hydrogen-bond donors (Lipinski definition) is 4. The molecule has 0 amide bonds. The van der Waals surface area contributed by atoms with Crippen molar-refractivity contribution in [1.29, 1.82) is 0 Å². The minimum absolute atomic E-state index is 0.0530. The van der Waals surface area contributed by atoms with Crippen LogP contribution in [0.15, 0.2) is 11.1 Å². The molecule has 1 fully saturated rings. The van der Waals surface area contributed by atoms with E-state index in [0.29, 0.717) is 4.43 Å². The van der Waals surface area contributed by atoms with Crippen molar-refractivity contribution in [2.45, 2.75) is 24.5 Å². The van der Waals surface area contributed by atoms with Crippen molar-refractivity contribution in [1.82, 2.24) is 19.5 Å². The van der Waals surface area contributed by atoms with Crippen molar-refractivity contribution in [2.24, 2.45) is 0 Å². The van der Waals surface area contributed by atoms with Crippen molar-refractivity contribution < 1.29 is 14.9 Å². The third kappa shape index (κ3) is 1.99. The van der Waals surface area contributed by atoms with E-state index in [2.05, 4.69) is 37.5 Å². The Hall–Kier alpha value is -1.24. The maximum atomic E-state index is 11.7. The predicted octanol–water partition coefficient (Wildman–Crippen LogP) is -1.24. The van der Waals surface area contributed by atoms with Gasteiger partial charge < -0.3 is 20.7 Å². The first-order chi connectivity index (χ1) is 9.52. The summed E-state index contributed by atoms with van der Waals surface area (Å²) in [7, 11) is 0. The lowest BCUT2D eigenvalue weighted by Crippen LogP contribution is -2.32. The van der Waals surface area contributed by atoms with Crippen molar-refractivity contribution in [2.75, 3.05) is 10.2 Å². The standard InChI is InChI=1S/C10H12IN5O4/c11-1-3-5(17)6(18)9(20-3)16-2-13-4-7(16)14-10(12)15-8(4)19/h2-3,5-6,9,17-18H,1H2,(H3,12,14,15,19)/t3-,5+,6?,9-/m1/s1. The topological polar surface area (TPSA) is 139 Å². The fraction of sp³-hybridized carbons (Fsp3) is 0.500. The van der Waals surface area contributed by atoms with E-state index in [1.165, 1.54) is 10.9 Å². The average molecular weight is 393 g/mol. The molecule has 1 unspecified atom stereocenters. The van der Waals surface area contributed by atoms with Crippen LogP contribution >= 0.6 is 22.6 Å². The van der Waals surface area contributed by atoms with E-state index in [1.54, 1.807) is 0 Å². The number of fused-ring (bicyclic) bond motifs is 1. The number of H-pyrrole nitrogens is 1. The summed E-state index contributed by atoms with van der Waals surface area (Å²) in [6.07, 6.45) is -2.15. The average Bonchev–Trinajstić information content (AvgIpc) is 2.93. The number of anilines is 1. The highest BCUT2D eigenvalue weighted by Crippen LogP contribution is 2.31. The van der Waals surface area contributed by atoms with Gasteiger partial charge in [0.05, 0.1) is 12.4 Å². The van der Waals surface area contributed by atoms with Crippen LogP contribution in [-0.4, -0.2) is 52.5 Å². The fourth-order valence-electron chi connectivity index (χ4n) is 2.22. The molecule has 1 saturated heterocycles. The number of aromatic amines is 1. The van der Waals surface area contributed by atoms with Gasteiger partial charge in [-0.2, -0.15) is 4.98 Å². The summed E-state index contributed by atoms with van der Waals surface area (Å²) in [6, 6.07) is 0. The zero-order valence-corrected chi connectivity index (χ0v) is 12.3. The van der Waals surface area contributed by atoms with Crippen LogP contribution in [0.1, 0.15) is 6.23 Å². The summed E-state index contributed by atoms with van der Waals surface area (Å²) in [5.41, 5.74) is 5.34. The van der Waals surface area contributed by atoms with Gasteiger partial charge in [-0.15, -0.1) is 0 Å². The Balaban J connectivity index is 2.09. The number of nitrogens with zero attached hydrogens (tertiary/aromatic N) is 3. The van der Waals surface area contributed by atoms with Crippen molar-refractivity contribution in [3.05, 3.63) is 16.7 Å². The molecule has 10 heteroatoms. The Morgan fingerprint density at radius 2 is 2.25 bits per heavy atom. The van der Waals surface area contributed by atoms with E-state index in [1.807, 2.05) is 0 Å². The number of imidazole rings is 1. The molecule has 0 saturated carbocycles. The summed E-state index contributed by atoms with van der Waals surface area (Å²) in [5, 5.41) is 19.9. The van der Waals surface area contributed by atoms with Gasteiger partial charge in [-0.05, 0) is 0 Å². The normalized spacial score (nSPS) is 30.1. The Bertz CT molecular complexity index is 701. The van der Waals surface area contributed by atoms with Gasteiger partial charge in [-0.1, -0.05) is 22.6 Å². The highest BCUT2D eigenvalue weighted by Gasteiger charge is 2.43. The summed E-state index contributed by atoms with van der Waals surface area (Å²) in [5.74, 6) is -0.0530. The SMILES string of the molecule is Nc1nc2c(ncn2[C@@H]2O[C@H](CI)[C@H](O)C2O)c(=O)[nH]1.